The predicted octanol–water partition coefficient (Wildman–Crippen LogP) is 1.65. The lowest BCUT2D eigenvalue weighted by Crippen LogP contribution is -2.46. The molecule has 1 heterocycles. The number of rotatable bonds is 7. The van der Waals surface area contributed by atoms with Crippen LogP contribution in [0, 0.1) is 5.92 Å². The first-order valence-electron chi connectivity index (χ1n) is 7.15. The van der Waals surface area contributed by atoms with Gasteiger partial charge in [-0.1, -0.05) is 20.3 Å². The summed E-state index contributed by atoms with van der Waals surface area (Å²) in [6, 6.07) is 0.585. The van der Waals surface area contributed by atoms with E-state index in [1.54, 1.807) is 0 Å². The van der Waals surface area contributed by atoms with Crippen molar-refractivity contribution in [3.05, 3.63) is 0 Å². The largest absolute Gasteiger partial charge is 0.469 e. The van der Waals surface area contributed by atoms with Crippen LogP contribution in [0.2, 0.25) is 0 Å². The maximum atomic E-state index is 11.2. The molecule has 0 aromatic heterocycles. The number of ether oxygens (including phenoxy) is 1. The summed E-state index contributed by atoms with van der Waals surface area (Å²) in [6.45, 7) is 8.51. The Morgan fingerprint density at radius 1 is 1.44 bits per heavy atom. The Kier molecular flexibility index (Phi) is 7.28. The van der Waals surface area contributed by atoms with Crippen molar-refractivity contribution in [2.24, 2.45) is 5.92 Å². The van der Waals surface area contributed by atoms with Crippen LogP contribution in [0.5, 0.6) is 0 Å². The van der Waals surface area contributed by atoms with Crippen LogP contribution in [0.4, 0.5) is 0 Å². The molecule has 1 unspecified atom stereocenters. The molecule has 1 fully saturated rings. The van der Waals surface area contributed by atoms with E-state index in [1.165, 1.54) is 26.4 Å². The summed E-state index contributed by atoms with van der Waals surface area (Å²) in [5.41, 5.74) is 0. The van der Waals surface area contributed by atoms with Crippen molar-refractivity contribution >= 4 is 5.97 Å². The van der Waals surface area contributed by atoms with Crippen LogP contribution in [0.3, 0.4) is 0 Å². The van der Waals surface area contributed by atoms with E-state index in [2.05, 4.69) is 24.1 Å². The Hall–Kier alpha value is -0.610. The molecule has 0 aromatic carbocycles. The maximum absolute atomic E-state index is 11.2. The third-order valence-electron chi connectivity index (χ3n) is 3.51. The number of nitrogens with zero attached hydrogens (tertiary/aromatic N) is 1. The van der Waals surface area contributed by atoms with Crippen molar-refractivity contribution in [1.82, 2.24) is 10.2 Å². The van der Waals surface area contributed by atoms with Crippen LogP contribution < -0.4 is 5.32 Å². The minimum absolute atomic E-state index is 0.102. The van der Waals surface area contributed by atoms with Crippen LogP contribution in [0.1, 0.15) is 39.5 Å². The molecule has 0 aliphatic carbocycles. The molecule has 1 aliphatic rings. The molecule has 0 amide bonds. The molecule has 0 spiro atoms. The summed E-state index contributed by atoms with van der Waals surface area (Å²) in [6.07, 6.45) is 4.31. The van der Waals surface area contributed by atoms with Gasteiger partial charge in [-0.05, 0) is 31.8 Å². The highest BCUT2D eigenvalue weighted by atomic mass is 16.5. The summed E-state index contributed by atoms with van der Waals surface area (Å²) < 4.78 is 4.71. The first-order valence-corrected chi connectivity index (χ1v) is 7.15. The topological polar surface area (TPSA) is 41.6 Å². The van der Waals surface area contributed by atoms with E-state index in [4.69, 9.17) is 4.74 Å². The zero-order chi connectivity index (χ0) is 13.4. The van der Waals surface area contributed by atoms with Gasteiger partial charge in [0.15, 0.2) is 0 Å². The van der Waals surface area contributed by atoms with E-state index in [9.17, 15) is 4.79 Å². The van der Waals surface area contributed by atoms with Crippen LogP contribution in [0.15, 0.2) is 0 Å². The van der Waals surface area contributed by atoms with E-state index in [1.807, 2.05) is 0 Å². The Bertz CT molecular complexity index is 244. The molecule has 106 valence electrons. The average molecular weight is 256 g/mol. The lowest BCUT2D eigenvalue weighted by Gasteiger charge is -2.35. The van der Waals surface area contributed by atoms with Gasteiger partial charge in [0.1, 0.15) is 0 Å². The van der Waals surface area contributed by atoms with Gasteiger partial charge in [0.2, 0.25) is 0 Å². The van der Waals surface area contributed by atoms with E-state index in [0.717, 1.165) is 26.2 Å². The molecule has 0 saturated carbocycles. The van der Waals surface area contributed by atoms with Crippen molar-refractivity contribution in [3.8, 4) is 0 Å². The molecule has 4 nitrogen and oxygen atoms in total. The van der Waals surface area contributed by atoms with E-state index in [-0.39, 0.29) is 5.97 Å². The number of esters is 1. The van der Waals surface area contributed by atoms with Gasteiger partial charge in [0.05, 0.1) is 13.5 Å². The molecule has 1 atom stereocenters. The SMILES string of the molecule is COC(=O)CCN1CCCCC1CNCC(C)C. The normalized spacial score (nSPS) is 21.2. The zero-order valence-electron chi connectivity index (χ0n) is 12.1. The summed E-state index contributed by atoms with van der Waals surface area (Å²) >= 11 is 0. The van der Waals surface area contributed by atoms with E-state index < -0.39 is 0 Å². The second-order valence-electron chi connectivity index (χ2n) is 5.56. The molecule has 0 aromatic rings. The van der Waals surface area contributed by atoms with Gasteiger partial charge in [-0.25, -0.2) is 0 Å². The molecule has 1 N–H and O–H groups in total. The lowest BCUT2D eigenvalue weighted by atomic mass is 10.0. The monoisotopic (exact) mass is 256 g/mol. The summed E-state index contributed by atoms with van der Waals surface area (Å²) in [7, 11) is 1.46. The van der Waals surface area contributed by atoms with Gasteiger partial charge in [0, 0.05) is 19.1 Å². The number of nitrogens with one attached hydrogen (secondary N) is 1. The second kappa shape index (κ2) is 8.48. The van der Waals surface area contributed by atoms with Gasteiger partial charge >= 0.3 is 5.97 Å². The summed E-state index contributed by atoms with van der Waals surface area (Å²) in [4.78, 5) is 13.6. The van der Waals surface area contributed by atoms with Crippen LogP contribution >= 0.6 is 0 Å². The molecule has 1 saturated heterocycles. The van der Waals surface area contributed by atoms with Gasteiger partial charge in [0.25, 0.3) is 0 Å². The number of likely N-dealkylation sites (tertiary alicyclic amines) is 1. The molecule has 1 rings (SSSR count). The lowest BCUT2D eigenvalue weighted by molar-refractivity contribution is -0.141. The Morgan fingerprint density at radius 3 is 2.89 bits per heavy atom. The Labute approximate surface area is 111 Å². The van der Waals surface area contributed by atoms with Gasteiger partial charge < -0.3 is 10.1 Å². The van der Waals surface area contributed by atoms with Crippen molar-refractivity contribution in [2.45, 2.75) is 45.6 Å². The Balaban J connectivity index is 2.29. The number of piperidine rings is 1. The van der Waals surface area contributed by atoms with Gasteiger partial charge in [-0.15, -0.1) is 0 Å². The molecule has 0 radical (unpaired) electrons. The zero-order valence-corrected chi connectivity index (χ0v) is 12.1. The number of carbonyl (C=O) groups excluding carboxylic acids is 1. The fraction of sp³-hybridized carbons (Fsp3) is 0.929. The number of carbonyl (C=O) groups is 1. The highest BCUT2D eigenvalue weighted by Crippen LogP contribution is 2.16. The van der Waals surface area contributed by atoms with Crippen molar-refractivity contribution in [1.29, 1.82) is 0 Å². The number of hydrogen-bond donors (Lipinski definition) is 1. The van der Waals surface area contributed by atoms with Crippen LogP contribution in [-0.2, 0) is 9.53 Å². The second-order valence-corrected chi connectivity index (χ2v) is 5.56. The van der Waals surface area contributed by atoms with E-state index in [0.29, 0.717) is 18.4 Å². The van der Waals surface area contributed by atoms with E-state index >= 15 is 0 Å². The quantitative estimate of drug-likeness (QED) is 0.703. The molecular formula is C14H28N2O2. The minimum Gasteiger partial charge on any atom is -0.469 e. The molecule has 4 heteroatoms. The number of hydrogen-bond acceptors (Lipinski definition) is 4. The smallest absolute Gasteiger partial charge is 0.306 e. The van der Waals surface area contributed by atoms with Crippen LogP contribution in [0.25, 0.3) is 0 Å². The fourth-order valence-electron chi connectivity index (χ4n) is 2.46. The third kappa shape index (κ3) is 5.83. The van der Waals surface area contributed by atoms with Crippen molar-refractivity contribution < 1.29 is 9.53 Å². The number of methoxy groups -OCH3 is 1. The average Bonchev–Trinajstić information content (AvgIpc) is 2.36. The standard InChI is InChI=1S/C14H28N2O2/c1-12(2)10-15-11-13-6-4-5-8-16(13)9-7-14(17)18-3/h12-13,15H,4-11H2,1-3H3. The molecule has 0 bridgehead atoms. The molecule has 1 aliphatic heterocycles. The minimum atomic E-state index is -0.102. The maximum Gasteiger partial charge on any atom is 0.306 e. The predicted molar refractivity (Wildman–Crippen MR) is 73.6 cm³/mol. The van der Waals surface area contributed by atoms with Gasteiger partial charge in [-0.3, -0.25) is 9.69 Å². The van der Waals surface area contributed by atoms with Gasteiger partial charge in [-0.2, -0.15) is 0 Å². The van der Waals surface area contributed by atoms with Crippen molar-refractivity contribution in [2.75, 3.05) is 33.3 Å². The highest BCUT2D eigenvalue weighted by molar-refractivity contribution is 5.69. The fourth-order valence-corrected chi connectivity index (χ4v) is 2.46. The first-order chi connectivity index (χ1) is 8.63. The third-order valence-corrected chi connectivity index (χ3v) is 3.51. The molecular weight excluding hydrogens is 228 g/mol. The van der Waals surface area contributed by atoms with Crippen LogP contribution in [-0.4, -0.2) is 50.2 Å². The summed E-state index contributed by atoms with van der Waals surface area (Å²) in [5.74, 6) is 0.589. The molecule has 18 heavy (non-hydrogen) atoms. The first kappa shape index (κ1) is 15.4. The Morgan fingerprint density at radius 2 is 2.22 bits per heavy atom. The van der Waals surface area contributed by atoms with Crippen molar-refractivity contribution in [3.63, 3.8) is 0 Å². The summed E-state index contributed by atoms with van der Waals surface area (Å²) in [5, 5.41) is 3.53. The highest BCUT2D eigenvalue weighted by Gasteiger charge is 2.22.